The SMILES string of the molecule is C=C(C)/C=C\C(F)=C/F. The minimum absolute atomic E-state index is 0.0978. The summed E-state index contributed by atoms with van der Waals surface area (Å²) >= 11 is 0. The molecule has 50 valence electrons. The Bertz CT molecular complexity index is 154. The first-order chi connectivity index (χ1) is 4.16. The molecule has 2 heteroatoms. The first kappa shape index (κ1) is 8.08. The zero-order valence-electron chi connectivity index (χ0n) is 5.20. The van der Waals surface area contributed by atoms with Gasteiger partial charge in [0, 0.05) is 0 Å². The number of hydrogen-bond acceptors (Lipinski definition) is 0. The predicted molar refractivity (Wildman–Crippen MR) is 34.3 cm³/mol. The fourth-order valence-corrected chi connectivity index (χ4v) is 0.258. The number of halogens is 2. The normalized spacial score (nSPS) is 12.6. The molecule has 0 aliphatic rings. The van der Waals surface area contributed by atoms with Crippen LogP contribution in [-0.2, 0) is 0 Å². The minimum atomic E-state index is -0.891. The zero-order valence-corrected chi connectivity index (χ0v) is 5.20. The van der Waals surface area contributed by atoms with Gasteiger partial charge in [-0.25, -0.2) is 8.78 Å². The maximum Gasteiger partial charge on any atom is 0.151 e. The highest BCUT2D eigenvalue weighted by atomic mass is 19.2. The van der Waals surface area contributed by atoms with Gasteiger partial charge in [-0.2, -0.15) is 0 Å². The molecule has 0 aromatic heterocycles. The van der Waals surface area contributed by atoms with Crippen LogP contribution in [0.15, 0.2) is 36.5 Å². The summed E-state index contributed by atoms with van der Waals surface area (Å²) < 4.78 is 23.1. The van der Waals surface area contributed by atoms with Gasteiger partial charge >= 0.3 is 0 Å². The molecular formula is C7H8F2. The Morgan fingerprint density at radius 3 is 2.33 bits per heavy atom. The second-order valence-electron chi connectivity index (χ2n) is 1.67. The molecule has 9 heavy (non-hydrogen) atoms. The van der Waals surface area contributed by atoms with Crippen molar-refractivity contribution in [2.24, 2.45) is 0 Å². The van der Waals surface area contributed by atoms with Crippen molar-refractivity contribution in [3.63, 3.8) is 0 Å². The molecule has 0 aliphatic heterocycles. The lowest BCUT2D eigenvalue weighted by Crippen LogP contribution is -1.63. The standard InChI is InChI=1S/C7H8F2/c1-6(2)3-4-7(9)5-8/h3-5H,1H2,2H3/b4-3-,7-5+. The van der Waals surface area contributed by atoms with Crippen molar-refractivity contribution < 1.29 is 8.78 Å². The monoisotopic (exact) mass is 130 g/mol. The number of rotatable bonds is 2. The van der Waals surface area contributed by atoms with Crippen molar-refractivity contribution in [1.82, 2.24) is 0 Å². The molecule has 0 radical (unpaired) electrons. The average Bonchev–Trinajstić information content (AvgIpc) is 1.83. The van der Waals surface area contributed by atoms with Crippen molar-refractivity contribution in [2.75, 3.05) is 0 Å². The Balaban J connectivity index is 3.86. The molecule has 0 fully saturated rings. The van der Waals surface area contributed by atoms with Gasteiger partial charge in [0.2, 0.25) is 0 Å². The fourth-order valence-electron chi connectivity index (χ4n) is 0.258. The molecule has 0 saturated carbocycles. The van der Waals surface area contributed by atoms with Crippen molar-refractivity contribution in [3.8, 4) is 0 Å². The van der Waals surface area contributed by atoms with E-state index in [9.17, 15) is 8.78 Å². The van der Waals surface area contributed by atoms with E-state index >= 15 is 0 Å². The van der Waals surface area contributed by atoms with E-state index in [0.29, 0.717) is 5.57 Å². The number of allylic oxidation sites excluding steroid dienone is 4. The van der Waals surface area contributed by atoms with E-state index in [2.05, 4.69) is 6.58 Å². The number of hydrogen-bond donors (Lipinski definition) is 0. The maximum atomic E-state index is 11.9. The summed E-state index contributed by atoms with van der Waals surface area (Å²) in [5, 5.41) is 0. The van der Waals surface area contributed by atoms with Crippen LogP contribution < -0.4 is 0 Å². The lowest BCUT2D eigenvalue weighted by atomic mass is 10.3. The molecule has 0 aliphatic carbocycles. The Morgan fingerprint density at radius 2 is 2.00 bits per heavy atom. The van der Waals surface area contributed by atoms with Crippen LogP contribution in [-0.4, -0.2) is 0 Å². The highest BCUT2D eigenvalue weighted by molar-refractivity contribution is 5.19. The van der Waals surface area contributed by atoms with Crippen LogP contribution in [0.25, 0.3) is 0 Å². The minimum Gasteiger partial charge on any atom is -0.212 e. The van der Waals surface area contributed by atoms with Crippen LogP contribution in [0.3, 0.4) is 0 Å². The molecule has 0 N–H and O–H groups in total. The van der Waals surface area contributed by atoms with Gasteiger partial charge in [0.25, 0.3) is 0 Å². The molecule has 0 rings (SSSR count). The summed E-state index contributed by atoms with van der Waals surface area (Å²) in [6.07, 6.45) is 2.31. The van der Waals surface area contributed by atoms with Gasteiger partial charge in [0.15, 0.2) is 5.83 Å². The largest absolute Gasteiger partial charge is 0.212 e. The van der Waals surface area contributed by atoms with Crippen LogP contribution in [0.1, 0.15) is 6.92 Å². The van der Waals surface area contributed by atoms with E-state index in [1.807, 2.05) is 0 Å². The van der Waals surface area contributed by atoms with E-state index < -0.39 is 5.83 Å². The molecule has 0 unspecified atom stereocenters. The quantitative estimate of drug-likeness (QED) is 0.504. The molecular weight excluding hydrogens is 122 g/mol. The van der Waals surface area contributed by atoms with Gasteiger partial charge in [0.05, 0.1) is 0 Å². The van der Waals surface area contributed by atoms with E-state index in [4.69, 9.17) is 0 Å². The third-order valence-electron chi connectivity index (χ3n) is 0.631. The second-order valence-corrected chi connectivity index (χ2v) is 1.67. The van der Waals surface area contributed by atoms with Crippen molar-refractivity contribution in [1.29, 1.82) is 0 Å². The summed E-state index contributed by atoms with van der Waals surface area (Å²) in [4.78, 5) is 0. The van der Waals surface area contributed by atoms with Crippen LogP contribution in [0, 0.1) is 0 Å². The smallest absolute Gasteiger partial charge is 0.151 e. The first-order valence-corrected chi connectivity index (χ1v) is 2.46. The van der Waals surface area contributed by atoms with Crippen molar-refractivity contribution in [3.05, 3.63) is 36.5 Å². The van der Waals surface area contributed by atoms with E-state index in [1.54, 1.807) is 6.92 Å². The summed E-state index contributed by atoms with van der Waals surface area (Å²) in [6.45, 7) is 5.15. The molecule has 0 spiro atoms. The summed E-state index contributed by atoms with van der Waals surface area (Å²) in [5.74, 6) is -0.891. The Labute approximate surface area is 53.2 Å². The molecule has 0 nitrogen and oxygen atoms in total. The molecule has 0 atom stereocenters. The predicted octanol–water partition coefficient (Wildman–Crippen LogP) is 2.90. The van der Waals surface area contributed by atoms with Crippen LogP contribution in [0.5, 0.6) is 0 Å². The van der Waals surface area contributed by atoms with Crippen molar-refractivity contribution >= 4 is 0 Å². The molecule has 0 aromatic rings. The van der Waals surface area contributed by atoms with E-state index in [-0.39, 0.29) is 6.33 Å². The molecule has 0 amide bonds. The molecule has 0 aromatic carbocycles. The van der Waals surface area contributed by atoms with E-state index in [1.165, 1.54) is 6.08 Å². The fraction of sp³-hybridized carbons (Fsp3) is 0.143. The zero-order chi connectivity index (χ0) is 7.28. The van der Waals surface area contributed by atoms with Crippen LogP contribution in [0.2, 0.25) is 0 Å². The van der Waals surface area contributed by atoms with Gasteiger partial charge < -0.3 is 0 Å². The van der Waals surface area contributed by atoms with E-state index in [0.717, 1.165) is 6.08 Å². The topological polar surface area (TPSA) is 0 Å². The Hall–Kier alpha value is -0.920. The highest BCUT2D eigenvalue weighted by Crippen LogP contribution is 2.00. The Morgan fingerprint density at radius 1 is 1.44 bits per heavy atom. The van der Waals surface area contributed by atoms with Crippen LogP contribution >= 0.6 is 0 Å². The van der Waals surface area contributed by atoms with Gasteiger partial charge in [-0.15, -0.1) is 0 Å². The summed E-state index contributed by atoms with van der Waals surface area (Å²) in [6, 6.07) is 0. The third-order valence-corrected chi connectivity index (χ3v) is 0.631. The van der Waals surface area contributed by atoms with Gasteiger partial charge in [-0.3, -0.25) is 0 Å². The van der Waals surface area contributed by atoms with Gasteiger partial charge in [0.1, 0.15) is 6.33 Å². The van der Waals surface area contributed by atoms with Crippen molar-refractivity contribution in [2.45, 2.75) is 6.92 Å². The first-order valence-electron chi connectivity index (χ1n) is 2.46. The average molecular weight is 130 g/mol. The maximum absolute atomic E-state index is 11.9. The van der Waals surface area contributed by atoms with Gasteiger partial charge in [-0.05, 0) is 13.0 Å². The lowest BCUT2D eigenvalue weighted by Gasteiger charge is -1.82. The lowest BCUT2D eigenvalue weighted by molar-refractivity contribution is 0.606. The molecule has 0 bridgehead atoms. The third kappa shape index (κ3) is 4.94. The van der Waals surface area contributed by atoms with Gasteiger partial charge in [-0.1, -0.05) is 18.2 Å². The summed E-state index contributed by atoms with van der Waals surface area (Å²) in [7, 11) is 0. The van der Waals surface area contributed by atoms with Crippen LogP contribution in [0.4, 0.5) is 8.78 Å². The molecule has 0 saturated heterocycles. The Kier molecular flexibility index (Phi) is 3.60. The summed E-state index contributed by atoms with van der Waals surface area (Å²) in [5.41, 5.74) is 0.687. The highest BCUT2D eigenvalue weighted by Gasteiger charge is 1.82. The molecule has 0 heterocycles. The second kappa shape index (κ2) is 4.01.